The van der Waals surface area contributed by atoms with Crippen LogP contribution in [-0.4, -0.2) is 41.1 Å². The second kappa shape index (κ2) is 10.8. The van der Waals surface area contributed by atoms with Crippen LogP contribution in [0.4, 0.5) is 0 Å². The van der Waals surface area contributed by atoms with Crippen LogP contribution < -0.4 is 10.8 Å². The fourth-order valence-corrected chi connectivity index (χ4v) is 3.22. The minimum atomic E-state index is -0.348. The van der Waals surface area contributed by atoms with Crippen molar-refractivity contribution >= 4 is 11.8 Å². The molecule has 1 atom stereocenters. The molecule has 0 unspecified atom stereocenters. The summed E-state index contributed by atoms with van der Waals surface area (Å²) in [5, 5.41) is 11.5. The number of amides is 2. The molecule has 0 saturated carbocycles. The predicted octanol–water partition coefficient (Wildman–Crippen LogP) is 2.22. The molecule has 1 saturated heterocycles. The van der Waals surface area contributed by atoms with E-state index in [1.807, 2.05) is 6.07 Å². The summed E-state index contributed by atoms with van der Waals surface area (Å²) in [6, 6.07) is 10.7. The van der Waals surface area contributed by atoms with Gasteiger partial charge in [-0.3, -0.25) is 19.7 Å². The number of hydroxylamine groups is 1. The number of unbranched alkanes of at least 4 members (excludes halogenated alkanes) is 3. The van der Waals surface area contributed by atoms with E-state index in [0.29, 0.717) is 12.8 Å². The summed E-state index contributed by atoms with van der Waals surface area (Å²) in [5.74, 6) is -0.223. The van der Waals surface area contributed by atoms with Gasteiger partial charge in [0.15, 0.2) is 0 Å². The molecule has 1 aromatic rings. The summed E-state index contributed by atoms with van der Waals surface area (Å²) >= 11 is 0. The van der Waals surface area contributed by atoms with E-state index < -0.39 is 0 Å². The first-order valence-corrected chi connectivity index (χ1v) is 9.16. The van der Waals surface area contributed by atoms with E-state index in [1.54, 1.807) is 5.48 Å². The van der Waals surface area contributed by atoms with Crippen molar-refractivity contribution in [2.24, 2.45) is 0 Å². The molecule has 0 spiro atoms. The monoisotopic (exact) mass is 347 g/mol. The molecule has 3 N–H and O–H groups in total. The van der Waals surface area contributed by atoms with E-state index in [2.05, 4.69) is 34.5 Å². The molecule has 2 amide bonds. The topological polar surface area (TPSA) is 81.7 Å². The van der Waals surface area contributed by atoms with Gasteiger partial charge in [-0.15, -0.1) is 0 Å². The number of nitrogens with zero attached hydrogens (tertiary/aromatic N) is 1. The van der Waals surface area contributed by atoms with Gasteiger partial charge in [0.25, 0.3) is 0 Å². The largest absolute Gasteiger partial charge is 0.352 e. The van der Waals surface area contributed by atoms with Crippen molar-refractivity contribution in [3.05, 3.63) is 35.9 Å². The maximum Gasteiger partial charge on any atom is 0.243 e. The zero-order valence-corrected chi connectivity index (χ0v) is 14.7. The molecule has 2 rings (SSSR count). The Morgan fingerprint density at radius 3 is 2.40 bits per heavy atom. The fourth-order valence-electron chi connectivity index (χ4n) is 3.22. The number of benzene rings is 1. The second-order valence-corrected chi connectivity index (χ2v) is 6.72. The summed E-state index contributed by atoms with van der Waals surface area (Å²) in [6.45, 7) is 2.87. The first-order valence-electron chi connectivity index (χ1n) is 9.16. The number of carbonyl (C=O) groups is 2. The zero-order valence-electron chi connectivity index (χ0n) is 14.7. The van der Waals surface area contributed by atoms with E-state index in [9.17, 15) is 9.59 Å². The highest BCUT2D eigenvalue weighted by atomic mass is 16.5. The van der Waals surface area contributed by atoms with Gasteiger partial charge in [0, 0.05) is 38.5 Å². The van der Waals surface area contributed by atoms with Gasteiger partial charge < -0.3 is 5.32 Å². The minimum absolute atomic E-state index is 0.125. The van der Waals surface area contributed by atoms with Gasteiger partial charge in [-0.05, 0) is 24.8 Å². The number of rotatable bonds is 10. The van der Waals surface area contributed by atoms with Gasteiger partial charge in [-0.2, -0.15) is 0 Å². The SMILES string of the molecule is O=C(CCCCCCC(=O)N[C@@H]1CCN(Cc2ccccc2)C1)NO. The van der Waals surface area contributed by atoms with Gasteiger partial charge in [-0.25, -0.2) is 5.48 Å². The third kappa shape index (κ3) is 7.67. The van der Waals surface area contributed by atoms with Crippen LogP contribution in [0.5, 0.6) is 0 Å². The van der Waals surface area contributed by atoms with Gasteiger partial charge in [0.05, 0.1) is 0 Å². The maximum atomic E-state index is 12.0. The highest BCUT2D eigenvalue weighted by Gasteiger charge is 2.23. The van der Waals surface area contributed by atoms with Crippen molar-refractivity contribution in [2.75, 3.05) is 13.1 Å². The predicted molar refractivity (Wildman–Crippen MR) is 95.9 cm³/mol. The molecule has 1 aromatic carbocycles. The number of carbonyl (C=O) groups excluding carboxylic acids is 2. The number of hydrogen-bond acceptors (Lipinski definition) is 4. The molecule has 25 heavy (non-hydrogen) atoms. The normalized spacial score (nSPS) is 17.4. The Bertz CT molecular complexity index is 536. The number of nitrogens with one attached hydrogen (secondary N) is 2. The minimum Gasteiger partial charge on any atom is -0.352 e. The maximum absolute atomic E-state index is 12.0. The summed E-state index contributed by atoms with van der Waals surface area (Å²) in [6.07, 6.45) is 5.29. The average molecular weight is 347 g/mol. The highest BCUT2D eigenvalue weighted by Crippen LogP contribution is 2.14. The van der Waals surface area contributed by atoms with Crippen LogP contribution in [0.25, 0.3) is 0 Å². The molecule has 0 radical (unpaired) electrons. The molecular weight excluding hydrogens is 318 g/mol. The Labute approximate surface area is 149 Å². The molecule has 6 heteroatoms. The Balaban J connectivity index is 1.53. The van der Waals surface area contributed by atoms with Crippen molar-refractivity contribution in [3.8, 4) is 0 Å². The third-order valence-electron chi connectivity index (χ3n) is 4.57. The molecule has 0 aromatic heterocycles. The Morgan fingerprint density at radius 1 is 1.04 bits per heavy atom. The summed E-state index contributed by atoms with van der Waals surface area (Å²) in [5.41, 5.74) is 2.94. The molecule has 0 bridgehead atoms. The van der Waals surface area contributed by atoms with Crippen molar-refractivity contribution in [2.45, 2.75) is 57.5 Å². The lowest BCUT2D eigenvalue weighted by Crippen LogP contribution is -2.36. The van der Waals surface area contributed by atoms with Crippen molar-refractivity contribution < 1.29 is 14.8 Å². The van der Waals surface area contributed by atoms with Crippen LogP contribution in [0.1, 0.15) is 50.5 Å². The van der Waals surface area contributed by atoms with Crippen molar-refractivity contribution in [1.29, 1.82) is 0 Å². The lowest BCUT2D eigenvalue weighted by molar-refractivity contribution is -0.129. The first-order chi connectivity index (χ1) is 12.2. The average Bonchev–Trinajstić information content (AvgIpc) is 3.05. The highest BCUT2D eigenvalue weighted by molar-refractivity contribution is 5.76. The third-order valence-corrected chi connectivity index (χ3v) is 4.57. The van der Waals surface area contributed by atoms with Gasteiger partial charge in [-0.1, -0.05) is 43.2 Å². The molecule has 0 aliphatic carbocycles. The van der Waals surface area contributed by atoms with Crippen LogP contribution in [0, 0.1) is 0 Å². The summed E-state index contributed by atoms with van der Waals surface area (Å²) < 4.78 is 0. The first kappa shape index (κ1) is 19.4. The van der Waals surface area contributed by atoms with Crippen LogP contribution in [-0.2, 0) is 16.1 Å². The quantitative estimate of drug-likeness (QED) is 0.344. The molecule has 6 nitrogen and oxygen atoms in total. The Kier molecular flexibility index (Phi) is 8.42. The summed E-state index contributed by atoms with van der Waals surface area (Å²) in [7, 11) is 0. The van der Waals surface area contributed by atoms with Gasteiger partial charge >= 0.3 is 0 Å². The Hall–Kier alpha value is -1.92. The molecule has 138 valence electrons. The van der Waals surface area contributed by atoms with E-state index in [0.717, 1.165) is 51.7 Å². The van der Waals surface area contributed by atoms with E-state index in [1.165, 1.54) is 5.56 Å². The van der Waals surface area contributed by atoms with E-state index >= 15 is 0 Å². The zero-order chi connectivity index (χ0) is 17.9. The molecule has 1 heterocycles. The van der Waals surface area contributed by atoms with Crippen molar-refractivity contribution in [3.63, 3.8) is 0 Å². The van der Waals surface area contributed by atoms with E-state index in [-0.39, 0.29) is 17.9 Å². The van der Waals surface area contributed by atoms with Crippen LogP contribution in [0.15, 0.2) is 30.3 Å². The van der Waals surface area contributed by atoms with Crippen LogP contribution in [0.3, 0.4) is 0 Å². The summed E-state index contributed by atoms with van der Waals surface area (Å²) in [4.78, 5) is 25.3. The Morgan fingerprint density at radius 2 is 1.72 bits per heavy atom. The van der Waals surface area contributed by atoms with E-state index in [4.69, 9.17) is 5.21 Å². The molecule has 1 aliphatic rings. The molecule has 1 aliphatic heterocycles. The number of hydrogen-bond donors (Lipinski definition) is 3. The van der Waals surface area contributed by atoms with Crippen molar-refractivity contribution in [1.82, 2.24) is 15.7 Å². The lowest BCUT2D eigenvalue weighted by Gasteiger charge is -2.16. The number of likely N-dealkylation sites (tertiary alicyclic amines) is 1. The van der Waals surface area contributed by atoms with Crippen LogP contribution in [0.2, 0.25) is 0 Å². The van der Waals surface area contributed by atoms with Gasteiger partial charge in [0.2, 0.25) is 11.8 Å². The van der Waals surface area contributed by atoms with Gasteiger partial charge in [0.1, 0.15) is 0 Å². The lowest BCUT2D eigenvalue weighted by atomic mass is 10.1. The molecule has 1 fully saturated rings. The van der Waals surface area contributed by atoms with Crippen LogP contribution >= 0.6 is 0 Å². The standard InChI is InChI=1S/C19H29N3O3/c23-18(10-6-1-2-7-11-19(24)21-25)20-17-12-13-22(15-17)14-16-8-4-3-5-9-16/h3-5,8-9,17,25H,1-2,6-7,10-15H2,(H,20,23)(H,21,24)/t17-/m1/s1. The fraction of sp³-hybridized carbons (Fsp3) is 0.579. The smallest absolute Gasteiger partial charge is 0.243 e. The second-order valence-electron chi connectivity index (χ2n) is 6.72. The molecular formula is C19H29N3O3.